The molecule has 0 fully saturated rings. The molecule has 0 saturated carbocycles. The summed E-state index contributed by atoms with van der Waals surface area (Å²) in [6.45, 7) is 2.04. The Morgan fingerprint density at radius 3 is 2.83 bits per heavy atom. The minimum atomic E-state index is -0.560. The molecule has 0 aliphatic carbocycles. The zero-order valence-corrected chi connectivity index (χ0v) is 10.8. The summed E-state index contributed by atoms with van der Waals surface area (Å²) in [4.78, 5) is 6.50. The molecule has 1 atom stereocenters. The first kappa shape index (κ1) is 11.4. The number of nitrogens with zero attached hydrogens (tertiary/aromatic N) is 1. The highest BCUT2D eigenvalue weighted by Gasteiger charge is 2.12. The third-order valence-corrected chi connectivity index (χ3v) is 4.03. The summed E-state index contributed by atoms with van der Waals surface area (Å²) in [5.41, 5.74) is 1.81. The minimum Gasteiger partial charge on any atom is -0.383 e. The molecular weight excluding hydrogens is 242 g/mol. The highest BCUT2D eigenvalue weighted by Crippen LogP contribution is 2.29. The zero-order chi connectivity index (χ0) is 12.5. The van der Waals surface area contributed by atoms with Gasteiger partial charge >= 0.3 is 0 Å². The molecule has 0 spiro atoms. The van der Waals surface area contributed by atoms with Crippen molar-refractivity contribution < 1.29 is 5.11 Å². The predicted octanol–water partition coefficient (Wildman–Crippen LogP) is 3.69. The first-order valence-electron chi connectivity index (χ1n) is 5.83. The van der Waals surface area contributed by atoms with E-state index in [2.05, 4.69) is 4.98 Å². The van der Waals surface area contributed by atoms with Gasteiger partial charge in [0.25, 0.3) is 0 Å². The lowest BCUT2D eigenvalue weighted by molar-refractivity contribution is 0.224. The third-order valence-electron chi connectivity index (χ3n) is 2.98. The van der Waals surface area contributed by atoms with Crippen LogP contribution in [0.3, 0.4) is 0 Å². The molecule has 3 aromatic rings. The van der Waals surface area contributed by atoms with Crippen molar-refractivity contribution in [3.05, 3.63) is 64.0 Å². The van der Waals surface area contributed by atoms with Crippen LogP contribution in [0.25, 0.3) is 10.9 Å². The number of hydrogen-bond donors (Lipinski definition) is 1. The van der Waals surface area contributed by atoms with Crippen LogP contribution in [-0.2, 0) is 0 Å². The number of benzene rings is 1. The molecule has 0 amide bonds. The van der Waals surface area contributed by atoms with Crippen LogP contribution in [0.15, 0.2) is 48.7 Å². The Balaban J connectivity index is 2.03. The number of fused-ring (bicyclic) bond motifs is 1. The summed E-state index contributed by atoms with van der Waals surface area (Å²) in [5, 5.41) is 11.4. The lowest BCUT2D eigenvalue weighted by Gasteiger charge is -2.09. The molecular formula is C15H13NOS. The number of aliphatic hydroxyl groups is 1. The maximum atomic E-state index is 10.3. The van der Waals surface area contributed by atoms with Crippen molar-refractivity contribution in [2.45, 2.75) is 13.0 Å². The number of aliphatic hydroxyl groups excluding tert-OH is 1. The van der Waals surface area contributed by atoms with E-state index in [0.29, 0.717) is 0 Å². The smallest absolute Gasteiger partial charge is 0.113 e. The van der Waals surface area contributed by atoms with Gasteiger partial charge in [-0.2, -0.15) is 0 Å². The topological polar surface area (TPSA) is 33.1 Å². The average Bonchev–Trinajstić information content (AvgIpc) is 2.84. The van der Waals surface area contributed by atoms with Crippen LogP contribution >= 0.6 is 11.3 Å². The van der Waals surface area contributed by atoms with Gasteiger partial charge < -0.3 is 5.11 Å². The summed E-state index contributed by atoms with van der Waals surface area (Å²) in [7, 11) is 0. The molecule has 2 aromatic heterocycles. The Kier molecular flexibility index (Phi) is 2.86. The second-order valence-electron chi connectivity index (χ2n) is 4.31. The molecule has 0 aliphatic rings. The molecule has 1 unspecified atom stereocenters. The molecule has 90 valence electrons. The van der Waals surface area contributed by atoms with E-state index in [0.717, 1.165) is 21.3 Å². The van der Waals surface area contributed by atoms with Gasteiger partial charge in [0.2, 0.25) is 0 Å². The Bertz CT molecular complexity index is 690. The fourth-order valence-electron chi connectivity index (χ4n) is 2.02. The molecule has 1 aromatic carbocycles. The standard InChI is InChI=1S/C15H13NOS/c1-10-4-7-14(18-10)15(17)12-6-5-11-3-2-8-16-13(11)9-12/h2-9,15,17H,1H3. The molecule has 18 heavy (non-hydrogen) atoms. The molecule has 2 nitrogen and oxygen atoms in total. The maximum absolute atomic E-state index is 10.3. The van der Waals surface area contributed by atoms with Crippen molar-refractivity contribution in [3.8, 4) is 0 Å². The van der Waals surface area contributed by atoms with Crippen molar-refractivity contribution >= 4 is 22.2 Å². The molecule has 2 heterocycles. The van der Waals surface area contributed by atoms with Crippen molar-refractivity contribution in [3.63, 3.8) is 0 Å². The Morgan fingerprint density at radius 1 is 1.17 bits per heavy atom. The van der Waals surface area contributed by atoms with E-state index in [1.165, 1.54) is 4.88 Å². The van der Waals surface area contributed by atoms with Crippen LogP contribution < -0.4 is 0 Å². The van der Waals surface area contributed by atoms with Crippen molar-refractivity contribution in [1.29, 1.82) is 0 Å². The second kappa shape index (κ2) is 4.52. The van der Waals surface area contributed by atoms with Gasteiger partial charge in [-0.3, -0.25) is 4.98 Å². The van der Waals surface area contributed by atoms with E-state index in [1.807, 2.05) is 49.4 Å². The Morgan fingerprint density at radius 2 is 2.06 bits per heavy atom. The van der Waals surface area contributed by atoms with Crippen LogP contribution in [0.4, 0.5) is 0 Å². The normalized spacial score (nSPS) is 12.8. The Labute approximate surface area is 110 Å². The van der Waals surface area contributed by atoms with E-state index in [1.54, 1.807) is 17.5 Å². The molecule has 0 aliphatic heterocycles. The number of aromatic nitrogens is 1. The van der Waals surface area contributed by atoms with E-state index in [-0.39, 0.29) is 0 Å². The van der Waals surface area contributed by atoms with Gasteiger partial charge in [-0.15, -0.1) is 11.3 Å². The highest BCUT2D eigenvalue weighted by atomic mass is 32.1. The summed E-state index contributed by atoms with van der Waals surface area (Å²) < 4.78 is 0. The Hall–Kier alpha value is -1.71. The SMILES string of the molecule is Cc1ccc(C(O)c2ccc3cccnc3c2)s1. The largest absolute Gasteiger partial charge is 0.383 e. The summed E-state index contributed by atoms with van der Waals surface area (Å²) in [6, 6.07) is 13.9. The summed E-state index contributed by atoms with van der Waals surface area (Å²) in [5.74, 6) is 0. The number of pyridine rings is 1. The molecule has 3 rings (SSSR count). The van der Waals surface area contributed by atoms with E-state index < -0.39 is 6.10 Å². The van der Waals surface area contributed by atoms with Gasteiger partial charge in [-0.1, -0.05) is 18.2 Å². The highest BCUT2D eigenvalue weighted by molar-refractivity contribution is 7.12. The predicted molar refractivity (Wildman–Crippen MR) is 74.9 cm³/mol. The molecule has 3 heteroatoms. The third kappa shape index (κ3) is 2.03. The number of rotatable bonds is 2. The molecule has 0 saturated heterocycles. The van der Waals surface area contributed by atoms with Crippen LogP contribution in [0, 0.1) is 6.92 Å². The van der Waals surface area contributed by atoms with Crippen LogP contribution in [-0.4, -0.2) is 10.1 Å². The second-order valence-corrected chi connectivity index (χ2v) is 5.63. The van der Waals surface area contributed by atoms with E-state index >= 15 is 0 Å². The van der Waals surface area contributed by atoms with Crippen molar-refractivity contribution in [2.75, 3.05) is 0 Å². The monoisotopic (exact) mass is 255 g/mol. The quantitative estimate of drug-likeness (QED) is 0.757. The minimum absolute atomic E-state index is 0.560. The van der Waals surface area contributed by atoms with Crippen LogP contribution in [0.2, 0.25) is 0 Å². The van der Waals surface area contributed by atoms with Gasteiger partial charge in [-0.25, -0.2) is 0 Å². The zero-order valence-electron chi connectivity index (χ0n) is 10.00. The van der Waals surface area contributed by atoms with Gasteiger partial charge in [0.05, 0.1) is 5.52 Å². The van der Waals surface area contributed by atoms with Crippen LogP contribution in [0.1, 0.15) is 21.4 Å². The van der Waals surface area contributed by atoms with Gasteiger partial charge in [0, 0.05) is 21.3 Å². The van der Waals surface area contributed by atoms with Gasteiger partial charge in [-0.05, 0) is 36.8 Å². The number of hydrogen-bond acceptors (Lipinski definition) is 3. The molecule has 0 bridgehead atoms. The average molecular weight is 255 g/mol. The number of thiophene rings is 1. The number of aryl methyl sites for hydroxylation is 1. The van der Waals surface area contributed by atoms with Gasteiger partial charge in [0.15, 0.2) is 0 Å². The lowest BCUT2D eigenvalue weighted by Crippen LogP contribution is -1.97. The fraction of sp³-hybridized carbons (Fsp3) is 0.133. The summed E-state index contributed by atoms with van der Waals surface area (Å²) >= 11 is 1.63. The van der Waals surface area contributed by atoms with E-state index in [9.17, 15) is 5.11 Å². The fourth-order valence-corrected chi connectivity index (χ4v) is 2.91. The lowest BCUT2D eigenvalue weighted by atomic mass is 10.1. The summed E-state index contributed by atoms with van der Waals surface area (Å²) in [6.07, 6.45) is 1.21. The molecule has 1 N–H and O–H groups in total. The van der Waals surface area contributed by atoms with Crippen molar-refractivity contribution in [2.24, 2.45) is 0 Å². The van der Waals surface area contributed by atoms with Crippen LogP contribution in [0.5, 0.6) is 0 Å². The first-order chi connectivity index (χ1) is 8.74. The van der Waals surface area contributed by atoms with E-state index in [4.69, 9.17) is 0 Å². The first-order valence-corrected chi connectivity index (χ1v) is 6.65. The molecule has 0 radical (unpaired) electrons. The van der Waals surface area contributed by atoms with Crippen molar-refractivity contribution in [1.82, 2.24) is 4.98 Å². The van der Waals surface area contributed by atoms with Gasteiger partial charge in [0.1, 0.15) is 6.10 Å². The maximum Gasteiger partial charge on any atom is 0.113 e.